The molecule has 102 valence electrons. The van der Waals surface area contributed by atoms with E-state index in [2.05, 4.69) is 10.3 Å². The van der Waals surface area contributed by atoms with E-state index >= 15 is 0 Å². The zero-order valence-corrected chi connectivity index (χ0v) is 11.9. The topological polar surface area (TPSA) is 24.9 Å². The summed E-state index contributed by atoms with van der Waals surface area (Å²) in [6.45, 7) is 5.88. The smallest absolute Gasteiger partial charge is 0.126 e. The Hall–Kier alpha value is -1.33. The molecule has 1 unspecified atom stereocenters. The van der Waals surface area contributed by atoms with Crippen molar-refractivity contribution in [2.75, 3.05) is 0 Å². The maximum atomic E-state index is 13.4. The minimum absolute atomic E-state index is 0.181. The van der Waals surface area contributed by atoms with Gasteiger partial charge in [-0.25, -0.2) is 13.8 Å². The summed E-state index contributed by atoms with van der Waals surface area (Å²) in [4.78, 5) is 4.41. The molecule has 0 saturated heterocycles. The lowest BCUT2D eigenvalue weighted by Crippen LogP contribution is -2.29. The highest BCUT2D eigenvalue weighted by Crippen LogP contribution is 2.26. The molecule has 1 heterocycles. The number of halogens is 2. The van der Waals surface area contributed by atoms with Crippen LogP contribution < -0.4 is 5.32 Å². The molecule has 2 aromatic rings. The zero-order valence-electron chi connectivity index (χ0n) is 11.1. The van der Waals surface area contributed by atoms with Crippen molar-refractivity contribution in [3.63, 3.8) is 0 Å². The van der Waals surface area contributed by atoms with E-state index in [1.165, 1.54) is 23.5 Å². The fourth-order valence-corrected chi connectivity index (χ4v) is 2.77. The number of nitrogens with one attached hydrogen (secondary N) is 1. The van der Waals surface area contributed by atoms with Gasteiger partial charge in [-0.05, 0) is 38.5 Å². The molecule has 0 radical (unpaired) electrons. The molecule has 2 nitrogen and oxygen atoms in total. The van der Waals surface area contributed by atoms with Gasteiger partial charge in [-0.15, -0.1) is 11.3 Å². The van der Waals surface area contributed by atoms with Crippen LogP contribution in [0.2, 0.25) is 0 Å². The normalized spacial score (nSPS) is 12.9. The minimum atomic E-state index is -0.571. The molecule has 0 bridgehead atoms. The fourth-order valence-electron chi connectivity index (χ4n) is 1.89. The first-order valence-corrected chi connectivity index (χ1v) is 6.97. The van der Waals surface area contributed by atoms with E-state index in [1.807, 2.05) is 26.2 Å². The predicted molar refractivity (Wildman–Crippen MR) is 73.3 cm³/mol. The summed E-state index contributed by atoms with van der Waals surface area (Å²) in [5, 5.41) is 6.04. The third-order valence-corrected chi connectivity index (χ3v) is 3.63. The highest BCUT2D eigenvalue weighted by Gasteiger charge is 2.19. The van der Waals surface area contributed by atoms with Crippen molar-refractivity contribution >= 4 is 11.3 Å². The average Bonchev–Trinajstić information content (AvgIpc) is 2.71. The second kappa shape index (κ2) is 5.75. The number of rotatable bonds is 4. The molecule has 1 aromatic heterocycles. The summed E-state index contributed by atoms with van der Waals surface area (Å²) < 4.78 is 26.7. The van der Waals surface area contributed by atoms with Crippen LogP contribution in [-0.2, 0) is 0 Å². The number of nitrogens with zero attached hydrogens (tertiary/aromatic N) is 1. The van der Waals surface area contributed by atoms with Gasteiger partial charge in [0.15, 0.2) is 0 Å². The maximum Gasteiger partial charge on any atom is 0.126 e. The lowest BCUT2D eigenvalue weighted by molar-refractivity contribution is 0.515. The SMILES string of the molecule is Cc1csc(C(NC(C)C)c2cc(F)cc(F)c2)n1. The van der Waals surface area contributed by atoms with Crippen molar-refractivity contribution in [2.45, 2.75) is 32.9 Å². The first kappa shape index (κ1) is 14.1. The summed E-state index contributed by atoms with van der Waals surface area (Å²) in [6.07, 6.45) is 0. The molecule has 0 aliphatic rings. The number of benzene rings is 1. The van der Waals surface area contributed by atoms with Gasteiger partial charge in [0.25, 0.3) is 0 Å². The Morgan fingerprint density at radius 2 is 1.79 bits per heavy atom. The van der Waals surface area contributed by atoms with Gasteiger partial charge in [-0.1, -0.05) is 0 Å². The van der Waals surface area contributed by atoms with Crippen molar-refractivity contribution < 1.29 is 8.78 Å². The van der Waals surface area contributed by atoms with Gasteiger partial charge in [-0.2, -0.15) is 0 Å². The highest BCUT2D eigenvalue weighted by molar-refractivity contribution is 7.09. The number of hydrogen-bond acceptors (Lipinski definition) is 3. The Labute approximate surface area is 115 Å². The van der Waals surface area contributed by atoms with Crippen LogP contribution in [0.5, 0.6) is 0 Å². The molecule has 0 spiro atoms. The third-order valence-electron chi connectivity index (χ3n) is 2.60. The first-order chi connectivity index (χ1) is 8.95. The molecule has 5 heteroatoms. The van der Waals surface area contributed by atoms with Crippen molar-refractivity contribution in [1.29, 1.82) is 0 Å². The number of aryl methyl sites for hydroxylation is 1. The van der Waals surface area contributed by atoms with E-state index in [4.69, 9.17) is 0 Å². The Balaban J connectivity index is 2.42. The van der Waals surface area contributed by atoms with Gasteiger partial charge >= 0.3 is 0 Å². The molecule has 1 N–H and O–H groups in total. The summed E-state index contributed by atoms with van der Waals surface area (Å²) in [5.41, 5.74) is 1.47. The number of thiazole rings is 1. The van der Waals surface area contributed by atoms with E-state index in [9.17, 15) is 8.78 Å². The summed E-state index contributed by atoms with van der Waals surface area (Å²) in [7, 11) is 0. The van der Waals surface area contributed by atoms with Gasteiger partial charge in [0, 0.05) is 23.2 Å². The summed E-state index contributed by atoms with van der Waals surface area (Å²) in [6, 6.07) is 3.47. The standard InChI is InChI=1S/C14H16F2N2S/c1-8(2)17-13(14-18-9(3)7-19-14)10-4-11(15)6-12(16)5-10/h4-8,13,17H,1-3H3. The van der Waals surface area contributed by atoms with Crippen LogP contribution in [0.1, 0.15) is 36.2 Å². The van der Waals surface area contributed by atoms with Gasteiger partial charge in [0.2, 0.25) is 0 Å². The molecule has 0 fully saturated rings. The van der Waals surface area contributed by atoms with Crippen LogP contribution in [0.4, 0.5) is 8.78 Å². The molecule has 0 amide bonds. The summed E-state index contributed by atoms with van der Waals surface area (Å²) in [5.74, 6) is -1.14. The van der Waals surface area contributed by atoms with Crippen molar-refractivity contribution in [3.05, 3.63) is 51.5 Å². The van der Waals surface area contributed by atoms with Gasteiger partial charge in [0.1, 0.15) is 16.6 Å². The van der Waals surface area contributed by atoms with Gasteiger partial charge in [-0.3, -0.25) is 0 Å². The summed E-state index contributed by atoms with van der Waals surface area (Å²) >= 11 is 1.49. The predicted octanol–water partition coefficient (Wildman–Crippen LogP) is 3.82. The van der Waals surface area contributed by atoms with Crippen LogP contribution in [0.25, 0.3) is 0 Å². The van der Waals surface area contributed by atoms with Gasteiger partial charge < -0.3 is 5.32 Å². The molecule has 19 heavy (non-hydrogen) atoms. The zero-order chi connectivity index (χ0) is 14.0. The van der Waals surface area contributed by atoms with E-state index < -0.39 is 11.6 Å². The molecular weight excluding hydrogens is 266 g/mol. The second-order valence-corrected chi connectivity index (χ2v) is 5.67. The quantitative estimate of drug-likeness (QED) is 0.922. The Bertz CT molecular complexity index is 546. The fraction of sp³-hybridized carbons (Fsp3) is 0.357. The lowest BCUT2D eigenvalue weighted by Gasteiger charge is -2.20. The van der Waals surface area contributed by atoms with E-state index in [-0.39, 0.29) is 12.1 Å². The largest absolute Gasteiger partial charge is 0.302 e. The Kier molecular flexibility index (Phi) is 4.27. The molecule has 0 saturated carbocycles. The third kappa shape index (κ3) is 3.58. The first-order valence-electron chi connectivity index (χ1n) is 6.10. The van der Waals surface area contributed by atoms with Crippen LogP contribution in [0.3, 0.4) is 0 Å². The lowest BCUT2D eigenvalue weighted by atomic mass is 10.1. The Morgan fingerprint density at radius 3 is 2.26 bits per heavy atom. The molecule has 1 atom stereocenters. The van der Waals surface area contributed by atoms with E-state index in [0.717, 1.165) is 16.8 Å². The van der Waals surface area contributed by atoms with Crippen molar-refractivity contribution in [2.24, 2.45) is 0 Å². The van der Waals surface area contributed by atoms with Crippen molar-refractivity contribution in [3.8, 4) is 0 Å². The monoisotopic (exact) mass is 282 g/mol. The highest BCUT2D eigenvalue weighted by atomic mass is 32.1. The van der Waals surface area contributed by atoms with E-state index in [0.29, 0.717) is 5.56 Å². The van der Waals surface area contributed by atoms with Crippen LogP contribution in [-0.4, -0.2) is 11.0 Å². The van der Waals surface area contributed by atoms with Crippen molar-refractivity contribution in [1.82, 2.24) is 10.3 Å². The van der Waals surface area contributed by atoms with E-state index in [1.54, 1.807) is 0 Å². The van der Waals surface area contributed by atoms with Crippen LogP contribution in [0, 0.1) is 18.6 Å². The minimum Gasteiger partial charge on any atom is -0.302 e. The Morgan fingerprint density at radius 1 is 1.16 bits per heavy atom. The maximum absolute atomic E-state index is 13.4. The second-order valence-electron chi connectivity index (χ2n) is 4.78. The molecule has 2 rings (SSSR count). The molecule has 1 aromatic carbocycles. The van der Waals surface area contributed by atoms with Gasteiger partial charge in [0.05, 0.1) is 6.04 Å². The molecule has 0 aliphatic carbocycles. The molecular formula is C14H16F2N2S. The van der Waals surface area contributed by atoms with Crippen LogP contribution in [0.15, 0.2) is 23.6 Å². The molecule has 0 aliphatic heterocycles. The number of hydrogen-bond donors (Lipinski definition) is 1. The number of aromatic nitrogens is 1. The average molecular weight is 282 g/mol. The van der Waals surface area contributed by atoms with Crippen LogP contribution >= 0.6 is 11.3 Å².